The third-order valence-corrected chi connectivity index (χ3v) is 3.27. The van der Waals surface area contributed by atoms with Crippen molar-refractivity contribution in [3.63, 3.8) is 0 Å². The third-order valence-electron chi connectivity index (χ3n) is 2.96. The molecule has 1 aromatic carbocycles. The fraction of sp³-hybridized carbons (Fsp3) is 0.429. The van der Waals surface area contributed by atoms with Crippen LogP contribution in [0.3, 0.4) is 0 Å². The molecule has 0 aliphatic rings. The zero-order valence-electron chi connectivity index (χ0n) is 10.6. The van der Waals surface area contributed by atoms with Crippen molar-refractivity contribution in [1.82, 2.24) is 9.88 Å². The Hall–Kier alpha value is -0.990. The molecule has 0 aliphatic carbocycles. The van der Waals surface area contributed by atoms with Crippen molar-refractivity contribution in [3.8, 4) is 0 Å². The van der Waals surface area contributed by atoms with Crippen molar-refractivity contribution >= 4 is 22.5 Å². The molecule has 92 valence electrons. The van der Waals surface area contributed by atoms with Gasteiger partial charge in [-0.05, 0) is 19.1 Å². The second-order valence-electron chi connectivity index (χ2n) is 4.59. The Bertz CT molecular complexity index is 514. The van der Waals surface area contributed by atoms with Gasteiger partial charge < -0.3 is 9.88 Å². The summed E-state index contributed by atoms with van der Waals surface area (Å²) in [5, 5.41) is 5.51. The number of rotatable bonds is 4. The summed E-state index contributed by atoms with van der Waals surface area (Å²) in [6.07, 6.45) is 0. The number of aryl methyl sites for hydroxylation is 1. The number of hydrogen-bond donors (Lipinski definition) is 1. The molecule has 0 aliphatic heterocycles. The Labute approximate surface area is 108 Å². The molecule has 2 nitrogen and oxygen atoms in total. The van der Waals surface area contributed by atoms with Crippen LogP contribution in [-0.2, 0) is 13.1 Å². The van der Waals surface area contributed by atoms with Gasteiger partial charge in [0.05, 0.1) is 10.5 Å². The summed E-state index contributed by atoms with van der Waals surface area (Å²) >= 11 is 6.28. The van der Waals surface area contributed by atoms with Gasteiger partial charge in [0.2, 0.25) is 0 Å². The van der Waals surface area contributed by atoms with E-state index in [1.165, 1.54) is 11.1 Å². The zero-order valence-corrected chi connectivity index (χ0v) is 11.4. The molecule has 0 saturated heterocycles. The summed E-state index contributed by atoms with van der Waals surface area (Å²) in [6.45, 7) is 8.30. The minimum atomic E-state index is 0.494. The SMILES string of the molecule is CCn1c(CNC(C)C)cc2cccc(Cl)c21. The van der Waals surface area contributed by atoms with E-state index in [-0.39, 0.29) is 0 Å². The molecule has 1 aromatic heterocycles. The Morgan fingerprint density at radius 1 is 1.35 bits per heavy atom. The van der Waals surface area contributed by atoms with Crippen molar-refractivity contribution in [3.05, 3.63) is 35.0 Å². The highest BCUT2D eigenvalue weighted by molar-refractivity contribution is 6.35. The Kier molecular flexibility index (Phi) is 3.75. The summed E-state index contributed by atoms with van der Waals surface area (Å²) in [5.74, 6) is 0. The number of fused-ring (bicyclic) bond motifs is 1. The van der Waals surface area contributed by atoms with Crippen molar-refractivity contribution < 1.29 is 0 Å². The van der Waals surface area contributed by atoms with Gasteiger partial charge in [0.25, 0.3) is 0 Å². The lowest BCUT2D eigenvalue weighted by molar-refractivity contribution is 0.564. The van der Waals surface area contributed by atoms with Crippen molar-refractivity contribution in [2.75, 3.05) is 0 Å². The molecule has 0 spiro atoms. The topological polar surface area (TPSA) is 17.0 Å². The molecule has 0 radical (unpaired) electrons. The fourth-order valence-electron chi connectivity index (χ4n) is 2.15. The van der Waals surface area contributed by atoms with Crippen LogP contribution in [0.2, 0.25) is 5.02 Å². The van der Waals surface area contributed by atoms with Crippen LogP contribution in [0.1, 0.15) is 26.5 Å². The molecule has 0 saturated carbocycles. The van der Waals surface area contributed by atoms with Gasteiger partial charge in [0.1, 0.15) is 0 Å². The standard InChI is InChI=1S/C14H19ClN2/c1-4-17-12(9-16-10(2)3)8-11-6-5-7-13(15)14(11)17/h5-8,10,16H,4,9H2,1-3H3. The lowest BCUT2D eigenvalue weighted by Crippen LogP contribution is -2.23. The Balaban J connectivity index is 2.45. The highest BCUT2D eigenvalue weighted by Crippen LogP contribution is 2.27. The summed E-state index contributed by atoms with van der Waals surface area (Å²) < 4.78 is 2.28. The first-order chi connectivity index (χ1) is 8.13. The van der Waals surface area contributed by atoms with Crippen LogP contribution in [0, 0.1) is 0 Å². The second-order valence-corrected chi connectivity index (χ2v) is 5.00. The largest absolute Gasteiger partial charge is 0.342 e. The maximum absolute atomic E-state index is 6.28. The smallest absolute Gasteiger partial charge is 0.0672 e. The minimum absolute atomic E-state index is 0.494. The van der Waals surface area contributed by atoms with E-state index in [0.717, 1.165) is 23.6 Å². The first kappa shape index (κ1) is 12.5. The highest BCUT2D eigenvalue weighted by Gasteiger charge is 2.10. The van der Waals surface area contributed by atoms with Crippen LogP contribution in [0.15, 0.2) is 24.3 Å². The van der Waals surface area contributed by atoms with E-state index >= 15 is 0 Å². The molecule has 0 amide bonds. The first-order valence-electron chi connectivity index (χ1n) is 6.13. The fourth-order valence-corrected chi connectivity index (χ4v) is 2.43. The van der Waals surface area contributed by atoms with Gasteiger partial charge in [-0.15, -0.1) is 0 Å². The summed E-state index contributed by atoms with van der Waals surface area (Å²) in [7, 11) is 0. The van der Waals surface area contributed by atoms with Crippen LogP contribution in [0.25, 0.3) is 10.9 Å². The third kappa shape index (κ3) is 2.48. The summed E-state index contributed by atoms with van der Waals surface area (Å²) in [6, 6.07) is 8.79. The number of halogens is 1. The van der Waals surface area contributed by atoms with Crippen LogP contribution < -0.4 is 5.32 Å². The van der Waals surface area contributed by atoms with E-state index in [2.05, 4.69) is 42.8 Å². The van der Waals surface area contributed by atoms with Crippen LogP contribution in [0.5, 0.6) is 0 Å². The van der Waals surface area contributed by atoms with E-state index in [9.17, 15) is 0 Å². The molecule has 0 atom stereocenters. The maximum Gasteiger partial charge on any atom is 0.0672 e. The molecule has 1 N–H and O–H groups in total. The number of para-hydroxylation sites is 1. The second kappa shape index (κ2) is 5.11. The van der Waals surface area contributed by atoms with E-state index in [4.69, 9.17) is 11.6 Å². The van der Waals surface area contributed by atoms with Crippen molar-refractivity contribution in [2.45, 2.75) is 39.9 Å². The van der Waals surface area contributed by atoms with Gasteiger partial charge in [-0.2, -0.15) is 0 Å². The van der Waals surface area contributed by atoms with Crippen molar-refractivity contribution in [1.29, 1.82) is 0 Å². The first-order valence-corrected chi connectivity index (χ1v) is 6.51. The van der Waals surface area contributed by atoms with Crippen LogP contribution in [-0.4, -0.2) is 10.6 Å². The summed E-state index contributed by atoms with van der Waals surface area (Å²) in [5.41, 5.74) is 2.45. The zero-order chi connectivity index (χ0) is 12.4. The lowest BCUT2D eigenvalue weighted by Gasteiger charge is -2.11. The molecule has 3 heteroatoms. The number of hydrogen-bond acceptors (Lipinski definition) is 1. The molecule has 0 unspecified atom stereocenters. The number of nitrogens with one attached hydrogen (secondary N) is 1. The number of nitrogens with zero attached hydrogens (tertiary/aromatic N) is 1. The molecular weight excluding hydrogens is 232 g/mol. The maximum atomic E-state index is 6.28. The van der Waals surface area contributed by atoms with Gasteiger partial charge >= 0.3 is 0 Å². The number of benzene rings is 1. The average Bonchev–Trinajstić information content (AvgIpc) is 2.65. The highest BCUT2D eigenvalue weighted by atomic mass is 35.5. The molecule has 17 heavy (non-hydrogen) atoms. The normalized spacial score (nSPS) is 11.6. The predicted octanol–water partition coefficient (Wildman–Crippen LogP) is 3.81. The number of aromatic nitrogens is 1. The van der Waals surface area contributed by atoms with E-state index in [0.29, 0.717) is 6.04 Å². The van der Waals surface area contributed by atoms with Crippen molar-refractivity contribution in [2.24, 2.45) is 0 Å². The minimum Gasteiger partial charge on any atom is -0.342 e. The van der Waals surface area contributed by atoms with Gasteiger partial charge in [-0.1, -0.05) is 37.6 Å². The van der Waals surface area contributed by atoms with Gasteiger partial charge in [0.15, 0.2) is 0 Å². The average molecular weight is 251 g/mol. The van der Waals surface area contributed by atoms with E-state index in [1.807, 2.05) is 12.1 Å². The quantitative estimate of drug-likeness (QED) is 0.873. The molecule has 1 heterocycles. The predicted molar refractivity (Wildman–Crippen MR) is 74.6 cm³/mol. The van der Waals surface area contributed by atoms with Crippen LogP contribution >= 0.6 is 11.6 Å². The lowest BCUT2D eigenvalue weighted by atomic mass is 10.2. The molecule has 2 rings (SSSR count). The van der Waals surface area contributed by atoms with Gasteiger partial charge in [-0.25, -0.2) is 0 Å². The van der Waals surface area contributed by atoms with E-state index < -0.39 is 0 Å². The molecule has 2 aromatic rings. The Morgan fingerprint density at radius 2 is 2.12 bits per heavy atom. The Morgan fingerprint density at radius 3 is 2.76 bits per heavy atom. The van der Waals surface area contributed by atoms with E-state index in [1.54, 1.807) is 0 Å². The van der Waals surface area contributed by atoms with Gasteiger partial charge in [-0.3, -0.25) is 0 Å². The van der Waals surface area contributed by atoms with Gasteiger partial charge in [0, 0.05) is 30.2 Å². The molecule has 0 bridgehead atoms. The summed E-state index contributed by atoms with van der Waals surface area (Å²) in [4.78, 5) is 0. The van der Waals surface area contributed by atoms with Crippen LogP contribution in [0.4, 0.5) is 0 Å². The molecule has 0 fully saturated rings. The molecular formula is C14H19ClN2. The monoisotopic (exact) mass is 250 g/mol.